The molecule has 172 valence electrons. The first-order valence-corrected chi connectivity index (χ1v) is 11.0. The summed E-state index contributed by atoms with van der Waals surface area (Å²) in [5.74, 6) is 0.582. The number of aromatic nitrogens is 3. The minimum Gasteiger partial charge on any atom is -0.489 e. The highest BCUT2D eigenvalue weighted by molar-refractivity contribution is 6.32. The van der Waals surface area contributed by atoms with Crippen LogP contribution in [0.5, 0.6) is 5.75 Å². The summed E-state index contributed by atoms with van der Waals surface area (Å²) in [5.41, 5.74) is 3.65. The Morgan fingerprint density at radius 2 is 2.12 bits per heavy atom. The number of aliphatic carboxylic acids is 1. The molecule has 0 aliphatic rings. The largest absolute Gasteiger partial charge is 0.489 e. The zero-order chi connectivity index (χ0) is 23.5. The first kappa shape index (κ1) is 22.8. The fourth-order valence-electron chi connectivity index (χ4n) is 3.78. The van der Waals surface area contributed by atoms with E-state index in [1.807, 2.05) is 55.9 Å². The van der Waals surface area contributed by atoms with Crippen LogP contribution in [0.4, 0.5) is 0 Å². The summed E-state index contributed by atoms with van der Waals surface area (Å²) in [7, 11) is 1.97. The number of carboxylic acid groups (broad SMARTS) is 1. The number of rotatable bonds is 9. The third kappa shape index (κ3) is 5.02. The van der Waals surface area contributed by atoms with Gasteiger partial charge in [-0.05, 0) is 56.6 Å². The first-order chi connectivity index (χ1) is 15.8. The Bertz CT molecular complexity index is 1300. The molecule has 33 heavy (non-hydrogen) atoms. The number of para-hydroxylation sites is 1. The van der Waals surface area contributed by atoms with E-state index in [1.165, 1.54) is 0 Å². The zero-order valence-corrected chi connectivity index (χ0v) is 19.4. The summed E-state index contributed by atoms with van der Waals surface area (Å²) in [6.45, 7) is 4.39. The van der Waals surface area contributed by atoms with E-state index in [4.69, 9.17) is 26.0 Å². The van der Waals surface area contributed by atoms with Crippen LogP contribution in [-0.2, 0) is 18.3 Å². The molecule has 0 bridgehead atoms. The maximum Gasteiger partial charge on any atom is 0.317 e. The SMILES string of the molecule is CC(C)Oc1ccc(-c2nc(-c3cccc4c(CCNCC(=O)O)cn(C)c34)no2)cc1Cl. The molecule has 8 nitrogen and oxygen atoms in total. The second-order valence-corrected chi connectivity index (χ2v) is 8.43. The van der Waals surface area contributed by atoms with Crippen LogP contribution in [0.1, 0.15) is 19.4 Å². The average molecular weight is 469 g/mol. The molecule has 0 aliphatic heterocycles. The van der Waals surface area contributed by atoms with Crippen molar-refractivity contribution in [1.29, 1.82) is 0 Å². The standard InChI is InChI=1S/C24H25ClN4O4/c1-14(2)32-20-8-7-15(11-19(20)25)24-27-23(28-33-24)18-6-4-5-17-16(13-29(3)22(17)18)9-10-26-12-21(30)31/h4-8,11,13-14,26H,9-10,12H2,1-3H3,(H,30,31). The van der Waals surface area contributed by atoms with Crippen LogP contribution in [0.15, 0.2) is 47.1 Å². The summed E-state index contributed by atoms with van der Waals surface area (Å²) in [4.78, 5) is 15.3. The van der Waals surface area contributed by atoms with Crippen molar-refractivity contribution >= 4 is 28.5 Å². The monoisotopic (exact) mass is 468 g/mol. The zero-order valence-electron chi connectivity index (χ0n) is 18.6. The van der Waals surface area contributed by atoms with Crippen LogP contribution < -0.4 is 10.1 Å². The fourth-order valence-corrected chi connectivity index (χ4v) is 4.01. The number of benzene rings is 2. The summed E-state index contributed by atoms with van der Waals surface area (Å²) >= 11 is 6.36. The highest BCUT2D eigenvalue weighted by Crippen LogP contribution is 2.33. The van der Waals surface area contributed by atoms with Crippen molar-refractivity contribution in [2.45, 2.75) is 26.4 Å². The molecule has 0 radical (unpaired) electrons. The van der Waals surface area contributed by atoms with Gasteiger partial charge in [0.15, 0.2) is 0 Å². The van der Waals surface area contributed by atoms with Gasteiger partial charge in [-0.1, -0.05) is 28.9 Å². The molecule has 0 atom stereocenters. The van der Waals surface area contributed by atoms with E-state index in [2.05, 4.69) is 15.5 Å². The van der Waals surface area contributed by atoms with Crippen molar-refractivity contribution in [1.82, 2.24) is 20.0 Å². The maximum atomic E-state index is 10.7. The van der Waals surface area contributed by atoms with Crippen LogP contribution >= 0.6 is 11.6 Å². The Hall–Kier alpha value is -3.36. The minimum absolute atomic E-state index is 0.0203. The van der Waals surface area contributed by atoms with Crippen LogP contribution in [0.2, 0.25) is 5.02 Å². The van der Waals surface area contributed by atoms with E-state index in [0.29, 0.717) is 41.0 Å². The first-order valence-electron chi connectivity index (χ1n) is 10.6. The molecule has 2 N–H and O–H groups in total. The molecule has 0 unspecified atom stereocenters. The van der Waals surface area contributed by atoms with Gasteiger partial charge in [0.05, 0.1) is 23.2 Å². The topological polar surface area (TPSA) is 102 Å². The average Bonchev–Trinajstić information content (AvgIpc) is 3.38. The van der Waals surface area contributed by atoms with Crippen LogP contribution in [0, 0.1) is 0 Å². The Morgan fingerprint density at radius 3 is 2.85 bits per heavy atom. The van der Waals surface area contributed by atoms with Gasteiger partial charge in [0.2, 0.25) is 5.82 Å². The summed E-state index contributed by atoms with van der Waals surface area (Å²) in [6.07, 6.45) is 2.77. The van der Waals surface area contributed by atoms with Crippen molar-refractivity contribution in [3.8, 4) is 28.6 Å². The lowest BCUT2D eigenvalue weighted by Gasteiger charge is -2.11. The summed E-state index contributed by atoms with van der Waals surface area (Å²) in [5, 5.41) is 17.5. The second-order valence-electron chi connectivity index (χ2n) is 8.02. The molecule has 0 saturated heterocycles. The number of hydrogen-bond acceptors (Lipinski definition) is 6. The predicted octanol–water partition coefficient (Wildman–Crippen LogP) is 4.55. The number of fused-ring (bicyclic) bond motifs is 1. The van der Waals surface area contributed by atoms with Gasteiger partial charge in [0.1, 0.15) is 5.75 Å². The van der Waals surface area contributed by atoms with Crippen molar-refractivity contribution in [3.05, 3.63) is 53.2 Å². The smallest absolute Gasteiger partial charge is 0.317 e. The Labute approximate surface area is 196 Å². The van der Waals surface area contributed by atoms with E-state index in [9.17, 15) is 4.79 Å². The molecule has 2 aromatic heterocycles. The molecule has 0 fully saturated rings. The van der Waals surface area contributed by atoms with Crippen molar-refractivity contribution in [2.75, 3.05) is 13.1 Å². The van der Waals surface area contributed by atoms with Crippen molar-refractivity contribution < 1.29 is 19.2 Å². The molecule has 4 rings (SSSR count). The van der Waals surface area contributed by atoms with Gasteiger partial charge in [-0.25, -0.2) is 0 Å². The molecule has 0 amide bonds. The molecule has 9 heteroatoms. The molecular weight excluding hydrogens is 444 g/mol. The number of hydrogen-bond donors (Lipinski definition) is 2. The normalized spacial score (nSPS) is 11.4. The maximum absolute atomic E-state index is 10.7. The van der Waals surface area contributed by atoms with Crippen LogP contribution in [0.3, 0.4) is 0 Å². The minimum atomic E-state index is -0.869. The van der Waals surface area contributed by atoms with Crippen LogP contribution in [0.25, 0.3) is 33.7 Å². The number of carboxylic acids is 1. The number of ether oxygens (including phenoxy) is 1. The van der Waals surface area contributed by atoms with Gasteiger partial charge >= 0.3 is 5.97 Å². The van der Waals surface area contributed by atoms with Gasteiger partial charge in [-0.2, -0.15) is 4.98 Å². The summed E-state index contributed by atoms with van der Waals surface area (Å²) in [6, 6.07) is 11.3. The van der Waals surface area contributed by atoms with Gasteiger partial charge in [0.25, 0.3) is 5.89 Å². The van der Waals surface area contributed by atoms with Crippen molar-refractivity contribution in [2.24, 2.45) is 7.05 Å². The lowest BCUT2D eigenvalue weighted by Crippen LogP contribution is -2.24. The Kier molecular flexibility index (Phi) is 6.67. The number of aryl methyl sites for hydroxylation is 1. The highest BCUT2D eigenvalue weighted by Gasteiger charge is 2.18. The van der Waals surface area contributed by atoms with E-state index in [0.717, 1.165) is 22.0 Å². The molecule has 0 spiro atoms. The Balaban J connectivity index is 1.62. The number of halogens is 1. The third-order valence-corrected chi connectivity index (χ3v) is 5.44. The number of nitrogens with zero attached hydrogens (tertiary/aromatic N) is 3. The van der Waals surface area contributed by atoms with Gasteiger partial charge < -0.3 is 24.3 Å². The van der Waals surface area contributed by atoms with Crippen molar-refractivity contribution in [3.63, 3.8) is 0 Å². The molecule has 2 heterocycles. The highest BCUT2D eigenvalue weighted by atomic mass is 35.5. The van der Waals surface area contributed by atoms with Gasteiger partial charge in [0, 0.05) is 29.8 Å². The Morgan fingerprint density at radius 1 is 1.30 bits per heavy atom. The van der Waals surface area contributed by atoms with Gasteiger partial charge in [-0.3, -0.25) is 4.79 Å². The van der Waals surface area contributed by atoms with E-state index in [1.54, 1.807) is 12.1 Å². The van der Waals surface area contributed by atoms with Gasteiger partial charge in [-0.15, -0.1) is 0 Å². The lowest BCUT2D eigenvalue weighted by molar-refractivity contribution is -0.135. The second kappa shape index (κ2) is 9.64. The van der Waals surface area contributed by atoms with E-state index >= 15 is 0 Å². The van der Waals surface area contributed by atoms with E-state index in [-0.39, 0.29) is 12.6 Å². The quantitative estimate of drug-likeness (QED) is 0.347. The molecule has 0 saturated carbocycles. The summed E-state index contributed by atoms with van der Waals surface area (Å²) < 4.78 is 13.3. The fraction of sp³-hybridized carbons (Fsp3) is 0.292. The molecule has 2 aromatic carbocycles. The molecule has 4 aromatic rings. The molecular formula is C24H25ClN4O4. The predicted molar refractivity (Wildman–Crippen MR) is 127 cm³/mol. The number of carbonyl (C=O) groups is 1. The van der Waals surface area contributed by atoms with E-state index < -0.39 is 5.97 Å². The van der Waals surface area contributed by atoms with Crippen LogP contribution in [-0.4, -0.2) is 45.0 Å². The molecule has 0 aliphatic carbocycles. The number of nitrogens with one attached hydrogen (secondary N) is 1. The third-order valence-electron chi connectivity index (χ3n) is 5.14. The lowest BCUT2D eigenvalue weighted by atomic mass is 10.1.